The van der Waals surface area contributed by atoms with Crippen LogP contribution in [-0.2, 0) is 22.6 Å². The van der Waals surface area contributed by atoms with Crippen molar-refractivity contribution in [2.45, 2.75) is 70.6 Å². The number of piperidine rings is 1. The minimum atomic E-state index is -0.206. The van der Waals surface area contributed by atoms with E-state index in [0.717, 1.165) is 66.8 Å². The Kier molecular flexibility index (Phi) is 10.8. The van der Waals surface area contributed by atoms with Crippen molar-refractivity contribution in [3.63, 3.8) is 0 Å². The Bertz CT molecular complexity index is 1580. The maximum Gasteiger partial charge on any atom is 0.228 e. The Morgan fingerprint density at radius 2 is 1.83 bits per heavy atom. The van der Waals surface area contributed by atoms with Gasteiger partial charge in [-0.25, -0.2) is 4.98 Å². The first-order valence-corrected chi connectivity index (χ1v) is 17.7. The lowest BCUT2D eigenvalue weighted by Gasteiger charge is -2.36. The van der Waals surface area contributed by atoms with E-state index in [0.29, 0.717) is 47.0 Å². The molecular formula is C36H42Cl3N5O3. The summed E-state index contributed by atoms with van der Waals surface area (Å²) in [6, 6.07) is 13.8. The van der Waals surface area contributed by atoms with E-state index >= 15 is 0 Å². The van der Waals surface area contributed by atoms with Gasteiger partial charge in [0, 0.05) is 49.9 Å². The number of nitrogens with one attached hydrogen (secondary N) is 2. The largest absolute Gasteiger partial charge is 0.485 e. The molecule has 0 bridgehead atoms. The number of carbonyl (C=O) groups excluding carboxylic acids is 2. The lowest BCUT2D eigenvalue weighted by molar-refractivity contribution is -0.138. The van der Waals surface area contributed by atoms with Crippen LogP contribution in [0.25, 0.3) is 0 Å². The molecule has 2 N–H and O–H groups in total. The lowest BCUT2D eigenvalue weighted by Crippen LogP contribution is -2.47. The van der Waals surface area contributed by atoms with E-state index in [9.17, 15) is 9.59 Å². The second kappa shape index (κ2) is 15.0. The average molecular weight is 699 g/mol. The number of halogens is 3. The van der Waals surface area contributed by atoms with Crippen LogP contribution < -0.4 is 20.3 Å². The van der Waals surface area contributed by atoms with Crippen LogP contribution in [0, 0.1) is 12.8 Å². The summed E-state index contributed by atoms with van der Waals surface area (Å²) in [6.45, 7) is 7.85. The van der Waals surface area contributed by atoms with Crippen molar-refractivity contribution in [2.75, 3.05) is 37.6 Å². The van der Waals surface area contributed by atoms with Crippen molar-refractivity contribution in [2.24, 2.45) is 5.92 Å². The number of benzene rings is 2. The Morgan fingerprint density at radius 3 is 2.53 bits per heavy atom. The molecule has 11 heteroatoms. The maximum absolute atomic E-state index is 14.3. The zero-order valence-corrected chi connectivity index (χ0v) is 29.2. The molecule has 2 amide bonds. The third-order valence-electron chi connectivity index (χ3n) is 9.35. The van der Waals surface area contributed by atoms with Gasteiger partial charge in [-0.05, 0) is 92.1 Å². The molecule has 47 heavy (non-hydrogen) atoms. The SMILES string of the molecule is CCNC(=O)Cc1ccc(Cl)c(CN(C(=O)C2CNCCC2c2ccc(N3CC[C@@H](Oc4c(Cl)cc(C)cc4Cl)C3)nc2)C2CC2)c1. The number of hydrogen-bond donors (Lipinski definition) is 2. The van der Waals surface area contributed by atoms with E-state index in [4.69, 9.17) is 44.5 Å². The van der Waals surface area contributed by atoms with E-state index < -0.39 is 0 Å². The van der Waals surface area contributed by atoms with Gasteiger partial charge in [-0.15, -0.1) is 0 Å². The number of likely N-dealkylation sites (N-methyl/N-ethyl adjacent to an activating group) is 1. The zero-order valence-electron chi connectivity index (χ0n) is 26.9. The predicted molar refractivity (Wildman–Crippen MR) is 188 cm³/mol. The van der Waals surface area contributed by atoms with Gasteiger partial charge >= 0.3 is 0 Å². The fraction of sp³-hybridized carbons (Fsp3) is 0.472. The van der Waals surface area contributed by atoms with Crippen molar-refractivity contribution < 1.29 is 14.3 Å². The standard InChI is InChI=1S/C36H42Cl3N5O3/c1-3-41-34(45)17-23-4-8-30(37)25(16-23)20-44(26-6-7-26)36(46)29-19-40-12-10-28(29)24-5-9-33(42-18-24)43-13-11-27(21-43)47-35-31(38)14-22(2)15-32(35)39/h4-5,8-9,14-16,18,26-29,40H,3,6-7,10-13,17,19-21H2,1-2H3,(H,41,45)/t27-,28?,29?/m1/s1. The van der Waals surface area contributed by atoms with Gasteiger partial charge < -0.3 is 25.2 Å². The molecule has 1 aliphatic carbocycles. The third kappa shape index (κ3) is 8.16. The Morgan fingerprint density at radius 1 is 1.04 bits per heavy atom. The molecule has 0 radical (unpaired) electrons. The zero-order chi connectivity index (χ0) is 33.1. The van der Waals surface area contributed by atoms with Crippen LogP contribution in [0.3, 0.4) is 0 Å². The van der Waals surface area contributed by atoms with Gasteiger partial charge in [-0.1, -0.05) is 53.0 Å². The molecule has 3 aromatic rings. The molecule has 2 aromatic carbocycles. The van der Waals surface area contributed by atoms with E-state index in [-0.39, 0.29) is 42.2 Å². The van der Waals surface area contributed by atoms with E-state index in [1.807, 2.05) is 55.3 Å². The molecule has 2 unspecified atom stereocenters. The lowest BCUT2D eigenvalue weighted by atomic mass is 9.80. The number of aromatic nitrogens is 1. The summed E-state index contributed by atoms with van der Waals surface area (Å²) in [5, 5.41) is 7.97. The van der Waals surface area contributed by atoms with Gasteiger partial charge in [0.25, 0.3) is 0 Å². The van der Waals surface area contributed by atoms with Crippen LogP contribution in [0.2, 0.25) is 15.1 Å². The summed E-state index contributed by atoms with van der Waals surface area (Å²) in [5.74, 6) is 1.40. The molecule has 250 valence electrons. The summed E-state index contributed by atoms with van der Waals surface area (Å²) in [4.78, 5) is 35.6. The van der Waals surface area contributed by atoms with Crippen molar-refractivity contribution in [1.29, 1.82) is 0 Å². The number of rotatable bonds is 11. The maximum atomic E-state index is 14.3. The van der Waals surface area contributed by atoms with Gasteiger partial charge in [0.05, 0.1) is 28.9 Å². The number of nitrogens with zero attached hydrogens (tertiary/aromatic N) is 3. The van der Waals surface area contributed by atoms with E-state index in [1.165, 1.54) is 0 Å². The van der Waals surface area contributed by atoms with Crippen LogP contribution in [-0.4, -0.2) is 66.6 Å². The number of anilines is 1. The molecule has 3 atom stereocenters. The van der Waals surface area contributed by atoms with Crippen LogP contribution in [0.15, 0.2) is 48.7 Å². The summed E-state index contributed by atoms with van der Waals surface area (Å²) in [5.41, 5.74) is 3.84. The number of pyridine rings is 1. The Balaban J connectivity index is 1.13. The minimum Gasteiger partial charge on any atom is -0.485 e. The monoisotopic (exact) mass is 697 g/mol. The molecular weight excluding hydrogens is 657 g/mol. The number of amides is 2. The summed E-state index contributed by atoms with van der Waals surface area (Å²) in [7, 11) is 0. The third-order valence-corrected chi connectivity index (χ3v) is 10.3. The Hall–Kier alpha value is -3.04. The summed E-state index contributed by atoms with van der Waals surface area (Å²) >= 11 is 19.5. The first kappa shape index (κ1) is 33.8. The molecule has 3 aliphatic rings. The van der Waals surface area contributed by atoms with Crippen molar-refractivity contribution in [1.82, 2.24) is 20.5 Å². The number of hydrogen-bond acceptors (Lipinski definition) is 6. The molecule has 6 rings (SSSR count). The average Bonchev–Trinajstić information content (AvgIpc) is 3.79. The molecule has 2 saturated heterocycles. The molecule has 3 fully saturated rings. The molecule has 0 spiro atoms. The molecule has 1 saturated carbocycles. The topological polar surface area (TPSA) is 86.8 Å². The van der Waals surface area contributed by atoms with Gasteiger partial charge in [0.1, 0.15) is 11.9 Å². The number of aryl methyl sites for hydroxylation is 1. The van der Waals surface area contributed by atoms with Crippen molar-refractivity contribution in [3.8, 4) is 5.75 Å². The molecule has 8 nitrogen and oxygen atoms in total. The number of carbonyl (C=O) groups is 2. The Labute approximate surface area is 292 Å². The molecule has 1 aromatic heterocycles. The predicted octanol–water partition coefficient (Wildman–Crippen LogP) is 6.57. The van der Waals surface area contributed by atoms with Gasteiger partial charge in [-0.2, -0.15) is 0 Å². The van der Waals surface area contributed by atoms with Crippen LogP contribution >= 0.6 is 34.8 Å². The van der Waals surface area contributed by atoms with E-state index in [2.05, 4.69) is 27.7 Å². The summed E-state index contributed by atoms with van der Waals surface area (Å²) < 4.78 is 6.22. The smallest absolute Gasteiger partial charge is 0.228 e. The highest BCUT2D eigenvalue weighted by molar-refractivity contribution is 6.37. The minimum absolute atomic E-state index is 0.0263. The normalized spacial score (nSPS) is 21.0. The van der Waals surface area contributed by atoms with Gasteiger partial charge in [-0.3, -0.25) is 9.59 Å². The fourth-order valence-electron chi connectivity index (χ4n) is 6.79. The summed E-state index contributed by atoms with van der Waals surface area (Å²) in [6.07, 6.45) is 5.86. The molecule has 3 heterocycles. The highest BCUT2D eigenvalue weighted by Gasteiger charge is 2.40. The van der Waals surface area contributed by atoms with Crippen molar-refractivity contribution >= 4 is 52.4 Å². The highest BCUT2D eigenvalue weighted by Crippen LogP contribution is 2.38. The van der Waals surface area contributed by atoms with Crippen LogP contribution in [0.5, 0.6) is 5.75 Å². The second-order valence-corrected chi connectivity index (χ2v) is 14.2. The van der Waals surface area contributed by atoms with Gasteiger partial charge in [0.2, 0.25) is 11.8 Å². The molecule has 2 aliphatic heterocycles. The first-order chi connectivity index (χ1) is 22.7. The van der Waals surface area contributed by atoms with Gasteiger partial charge in [0.15, 0.2) is 5.75 Å². The quantitative estimate of drug-likeness (QED) is 0.236. The van der Waals surface area contributed by atoms with Crippen LogP contribution in [0.4, 0.5) is 5.82 Å². The highest BCUT2D eigenvalue weighted by atomic mass is 35.5. The second-order valence-electron chi connectivity index (χ2n) is 12.9. The first-order valence-electron chi connectivity index (χ1n) is 16.6. The van der Waals surface area contributed by atoms with Crippen LogP contribution in [0.1, 0.15) is 60.8 Å². The van der Waals surface area contributed by atoms with Crippen molar-refractivity contribution in [3.05, 3.63) is 86.0 Å². The fourth-order valence-corrected chi connectivity index (χ4v) is 7.66. The number of ether oxygens (including phenoxy) is 1. The van der Waals surface area contributed by atoms with E-state index in [1.54, 1.807) is 0 Å².